The van der Waals surface area contributed by atoms with Crippen LogP contribution in [-0.2, 0) is 11.3 Å². The molecule has 0 fully saturated rings. The summed E-state index contributed by atoms with van der Waals surface area (Å²) >= 11 is 6.44. The van der Waals surface area contributed by atoms with E-state index in [1.54, 1.807) is 31.5 Å². The molecule has 0 saturated carbocycles. The molecule has 0 spiro atoms. The molecule has 156 valence electrons. The van der Waals surface area contributed by atoms with Crippen molar-refractivity contribution in [2.24, 2.45) is 0 Å². The fourth-order valence-corrected chi connectivity index (χ4v) is 3.40. The number of halogens is 1. The molecule has 0 saturated heterocycles. The number of fused-ring (bicyclic) bond motifs is 1. The van der Waals surface area contributed by atoms with Crippen molar-refractivity contribution in [3.8, 4) is 16.9 Å². The molecule has 0 aliphatic heterocycles. The zero-order valence-electron chi connectivity index (χ0n) is 16.7. The molecule has 4 aromatic rings. The molecule has 7 heteroatoms. The van der Waals surface area contributed by atoms with E-state index >= 15 is 0 Å². The van der Waals surface area contributed by atoms with Gasteiger partial charge < -0.3 is 14.5 Å². The minimum absolute atomic E-state index is 0.256. The van der Waals surface area contributed by atoms with Gasteiger partial charge in [0.2, 0.25) is 0 Å². The molecule has 31 heavy (non-hydrogen) atoms. The van der Waals surface area contributed by atoms with Gasteiger partial charge >= 0.3 is 5.63 Å². The minimum Gasteiger partial charge on any atom is -0.479 e. The predicted molar refractivity (Wildman–Crippen MR) is 119 cm³/mol. The molecule has 0 radical (unpaired) electrons. The molecule has 0 bridgehead atoms. The van der Waals surface area contributed by atoms with E-state index in [0.29, 0.717) is 28.1 Å². The Morgan fingerprint density at radius 1 is 1.16 bits per heavy atom. The second-order valence-corrected chi connectivity index (χ2v) is 7.37. The van der Waals surface area contributed by atoms with Crippen molar-refractivity contribution in [2.45, 2.75) is 19.6 Å². The number of ether oxygens (including phenoxy) is 1. The lowest BCUT2D eigenvalue weighted by Crippen LogP contribution is -2.36. The van der Waals surface area contributed by atoms with E-state index in [9.17, 15) is 9.59 Å². The van der Waals surface area contributed by atoms with Crippen LogP contribution in [0.1, 0.15) is 12.5 Å². The van der Waals surface area contributed by atoms with Crippen LogP contribution in [-0.4, -0.2) is 17.0 Å². The van der Waals surface area contributed by atoms with Crippen LogP contribution in [0.3, 0.4) is 0 Å². The van der Waals surface area contributed by atoms with Crippen LogP contribution in [0.25, 0.3) is 22.1 Å². The number of carbonyl (C=O) groups excluding carboxylic acids is 1. The summed E-state index contributed by atoms with van der Waals surface area (Å²) in [6, 6.07) is 17.8. The normalized spacial score (nSPS) is 11.8. The number of hydrogen-bond acceptors (Lipinski definition) is 5. The first-order valence-electron chi connectivity index (χ1n) is 9.67. The Morgan fingerprint density at radius 2 is 1.97 bits per heavy atom. The van der Waals surface area contributed by atoms with Crippen molar-refractivity contribution in [2.75, 3.05) is 0 Å². The Kier molecular flexibility index (Phi) is 6.00. The second-order valence-electron chi connectivity index (χ2n) is 6.96. The predicted octanol–water partition coefficient (Wildman–Crippen LogP) is 4.59. The second kappa shape index (κ2) is 9.02. The summed E-state index contributed by atoms with van der Waals surface area (Å²) in [4.78, 5) is 28.5. The lowest BCUT2D eigenvalue weighted by molar-refractivity contribution is -0.127. The van der Waals surface area contributed by atoms with Gasteiger partial charge in [-0.3, -0.25) is 9.78 Å². The van der Waals surface area contributed by atoms with E-state index < -0.39 is 11.7 Å². The van der Waals surface area contributed by atoms with Gasteiger partial charge in [0.25, 0.3) is 5.91 Å². The molecule has 1 atom stereocenters. The number of rotatable bonds is 6. The highest BCUT2D eigenvalue weighted by molar-refractivity contribution is 6.33. The zero-order chi connectivity index (χ0) is 21.8. The Morgan fingerprint density at radius 3 is 2.71 bits per heavy atom. The van der Waals surface area contributed by atoms with Gasteiger partial charge in [-0.2, -0.15) is 0 Å². The summed E-state index contributed by atoms with van der Waals surface area (Å²) in [5, 5.41) is 3.78. The highest BCUT2D eigenvalue weighted by Crippen LogP contribution is 2.35. The summed E-state index contributed by atoms with van der Waals surface area (Å²) in [5.74, 6) is -0.0499. The number of pyridine rings is 1. The highest BCUT2D eigenvalue weighted by atomic mass is 35.5. The van der Waals surface area contributed by atoms with E-state index in [1.807, 2.05) is 36.4 Å². The Hall–Kier alpha value is -3.64. The van der Waals surface area contributed by atoms with Crippen LogP contribution >= 0.6 is 11.6 Å². The zero-order valence-corrected chi connectivity index (χ0v) is 17.4. The largest absolute Gasteiger partial charge is 0.479 e. The third-order valence-corrected chi connectivity index (χ3v) is 5.04. The van der Waals surface area contributed by atoms with E-state index in [1.165, 1.54) is 12.1 Å². The summed E-state index contributed by atoms with van der Waals surface area (Å²) < 4.78 is 11.1. The van der Waals surface area contributed by atoms with Crippen molar-refractivity contribution in [1.82, 2.24) is 10.3 Å². The van der Waals surface area contributed by atoms with Crippen molar-refractivity contribution >= 4 is 28.5 Å². The molecule has 0 aliphatic carbocycles. The van der Waals surface area contributed by atoms with Crippen LogP contribution in [0.2, 0.25) is 5.02 Å². The van der Waals surface area contributed by atoms with Gasteiger partial charge in [-0.15, -0.1) is 0 Å². The fraction of sp³-hybridized carbons (Fsp3) is 0.125. The molecule has 4 rings (SSSR count). The lowest BCUT2D eigenvalue weighted by atomic mass is 10.0. The fourth-order valence-electron chi connectivity index (χ4n) is 3.19. The number of aromatic nitrogens is 1. The van der Waals surface area contributed by atoms with Crippen LogP contribution in [0.4, 0.5) is 0 Å². The van der Waals surface area contributed by atoms with E-state index in [-0.39, 0.29) is 11.7 Å². The van der Waals surface area contributed by atoms with Gasteiger partial charge in [0, 0.05) is 36.5 Å². The van der Waals surface area contributed by atoms with Gasteiger partial charge in [0.15, 0.2) is 6.10 Å². The average Bonchev–Trinajstić information content (AvgIpc) is 2.79. The quantitative estimate of drug-likeness (QED) is 0.449. The third-order valence-electron chi connectivity index (χ3n) is 4.74. The van der Waals surface area contributed by atoms with Crippen LogP contribution < -0.4 is 15.7 Å². The highest BCUT2D eigenvalue weighted by Gasteiger charge is 2.18. The topological polar surface area (TPSA) is 81.4 Å². The summed E-state index contributed by atoms with van der Waals surface area (Å²) in [6.07, 6.45) is 2.54. The maximum absolute atomic E-state index is 12.4. The van der Waals surface area contributed by atoms with Gasteiger partial charge in [-0.1, -0.05) is 48.0 Å². The number of nitrogens with one attached hydrogen (secondary N) is 1. The van der Waals surface area contributed by atoms with Crippen LogP contribution in [0.5, 0.6) is 5.75 Å². The van der Waals surface area contributed by atoms with Crippen molar-refractivity contribution in [3.05, 3.63) is 94.1 Å². The minimum atomic E-state index is -0.810. The molecule has 1 N–H and O–H groups in total. The third kappa shape index (κ3) is 4.75. The van der Waals surface area contributed by atoms with Gasteiger partial charge in [0.05, 0.1) is 5.02 Å². The van der Waals surface area contributed by atoms with Gasteiger partial charge in [-0.25, -0.2) is 4.79 Å². The Balaban J connectivity index is 1.57. The number of carbonyl (C=O) groups is 1. The molecule has 0 aliphatic rings. The first-order valence-corrected chi connectivity index (χ1v) is 10.0. The number of nitrogens with zero attached hydrogens (tertiary/aromatic N) is 1. The van der Waals surface area contributed by atoms with Crippen LogP contribution in [0, 0.1) is 0 Å². The maximum atomic E-state index is 12.4. The molecule has 2 heterocycles. The maximum Gasteiger partial charge on any atom is 0.336 e. The molecular weight excluding hydrogens is 416 g/mol. The van der Waals surface area contributed by atoms with E-state index in [4.69, 9.17) is 20.8 Å². The summed E-state index contributed by atoms with van der Waals surface area (Å²) in [7, 11) is 0. The van der Waals surface area contributed by atoms with Crippen LogP contribution in [0.15, 0.2) is 82.3 Å². The van der Waals surface area contributed by atoms with Crippen molar-refractivity contribution < 1.29 is 13.9 Å². The Bertz CT molecular complexity index is 1270. The summed E-state index contributed by atoms with van der Waals surface area (Å²) in [5.41, 5.74) is 2.30. The van der Waals surface area contributed by atoms with Gasteiger partial charge in [-0.05, 0) is 35.7 Å². The Labute approximate surface area is 183 Å². The SMILES string of the molecule is CC(Oc1cc2oc(=O)cc(-c3ccccc3)c2cc1Cl)C(=O)NCc1cccnc1. The first-order chi connectivity index (χ1) is 15.0. The number of amides is 1. The average molecular weight is 435 g/mol. The molecule has 1 amide bonds. The van der Waals surface area contributed by atoms with Gasteiger partial charge in [0.1, 0.15) is 11.3 Å². The molecule has 2 aromatic carbocycles. The first kappa shape index (κ1) is 20.6. The standard InChI is InChI=1S/C24H19ClN2O4/c1-15(24(29)27-14-16-6-5-9-26-13-16)30-22-12-21-19(10-20(22)25)18(11-23(28)31-21)17-7-3-2-4-8-17/h2-13,15H,14H2,1H3,(H,27,29). The molecule has 6 nitrogen and oxygen atoms in total. The smallest absolute Gasteiger partial charge is 0.336 e. The van der Waals surface area contributed by atoms with E-state index in [2.05, 4.69) is 10.3 Å². The molecular formula is C24H19ClN2O4. The summed E-state index contributed by atoms with van der Waals surface area (Å²) in [6.45, 7) is 1.96. The number of benzene rings is 2. The van der Waals surface area contributed by atoms with E-state index in [0.717, 1.165) is 11.1 Å². The molecule has 1 unspecified atom stereocenters. The molecule has 2 aromatic heterocycles. The lowest BCUT2D eigenvalue weighted by Gasteiger charge is -2.16. The van der Waals surface area contributed by atoms with Crippen molar-refractivity contribution in [1.29, 1.82) is 0 Å². The number of hydrogen-bond donors (Lipinski definition) is 1. The van der Waals surface area contributed by atoms with Crippen molar-refractivity contribution in [3.63, 3.8) is 0 Å². The monoisotopic (exact) mass is 434 g/mol.